The minimum atomic E-state index is -0.923. The molecule has 6 nitrogen and oxygen atoms in total. The molecule has 1 aliphatic rings. The number of nitrogens with zero attached hydrogens (tertiary/aromatic N) is 1. The summed E-state index contributed by atoms with van der Waals surface area (Å²) in [6.45, 7) is 0.831. The first-order valence-electron chi connectivity index (χ1n) is 9.27. The van der Waals surface area contributed by atoms with Crippen LogP contribution in [0.25, 0.3) is 11.1 Å². The van der Waals surface area contributed by atoms with Gasteiger partial charge in [0, 0.05) is 0 Å². The van der Waals surface area contributed by atoms with E-state index in [-0.39, 0.29) is 12.5 Å². The quantitative estimate of drug-likeness (QED) is 0.667. The molecular formula is C22H21ClN2O4. The molecule has 1 aliphatic carbocycles. The van der Waals surface area contributed by atoms with E-state index >= 15 is 0 Å². The van der Waals surface area contributed by atoms with E-state index in [2.05, 4.69) is 11.4 Å². The van der Waals surface area contributed by atoms with Crippen LogP contribution >= 0.6 is 11.6 Å². The minimum Gasteiger partial charge on any atom is -0.480 e. The molecule has 0 aromatic heterocycles. The molecule has 150 valence electrons. The molecule has 2 aromatic rings. The topological polar surface area (TPSA) is 88.4 Å². The van der Waals surface area contributed by atoms with Gasteiger partial charge in [0.15, 0.2) is 13.2 Å². The molecule has 1 saturated carbocycles. The first-order valence-corrected chi connectivity index (χ1v) is 9.65. The van der Waals surface area contributed by atoms with E-state index in [0.717, 1.165) is 24.0 Å². The second kappa shape index (κ2) is 8.97. The van der Waals surface area contributed by atoms with Gasteiger partial charge >= 0.3 is 5.97 Å². The van der Waals surface area contributed by atoms with Gasteiger partial charge in [0.05, 0.1) is 11.1 Å². The molecule has 0 aliphatic heterocycles. The highest BCUT2D eigenvalue weighted by molar-refractivity contribution is 6.32. The van der Waals surface area contributed by atoms with Crippen LogP contribution in [0.1, 0.15) is 19.8 Å². The van der Waals surface area contributed by atoms with E-state index in [1.54, 1.807) is 19.1 Å². The normalized spacial score (nSPS) is 14.9. The maximum atomic E-state index is 12.0. The van der Waals surface area contributed by atoms with Crippen molar-refractivity contribution >= 4 is 23.5 Å². The van der Waals surface area contributed by atoms with E-state index < -0.39 is 24.0 Å². The molecule has 0 heterocycles. The number of halogens is 1. The fraction of sp³-hybridized carbons (Fsp3) is 0.318. The Labute approximate surface area is 174 Å². The fourth-order valence-corrected chi connectivity index (χ4v) is 3.20. The summed E-state index contributed by atoms with van der Waals surface area (Å²) in [4.78, 5) is 23.8. The van der Waals surface area contributed by atoms with E-state index in [4.69, 9.17) is 21.1 Å². The van der Waals surface area contributed by atoms with Crippen LogP contribution in [0, 0.1) is 17.2 Å². The highest BCUT2D eigenvalue weighted by Gasteiger charge is 2.43. The minimum absolute atomic E-state index is 0.150. The van der Waals surface area contributed by atoms with Crippen molar-refractivity contribution in [3.8, 4) is 22.9 Å². The summed E-state index contributed by atoms with van der Waals surface area (Å²) in [6.07, 6.45) is 1.81. The van der Waals surface area contributed by atoms with Crippen molar-refractivity contribution in [3.63, 3.8) is 0 Å². The number of hydrogen-bond acceptors (Lipinski definition) is 5. The Kier molecular flexibility index (Phi) is 6.40. The van der Waals surface area contributed by atoms with Crippen LogP contribution in [-0.4, -0.2) is 30.6 Å². The number of benzene rings is 2. The molecule has 7 heteroatoms. The van der Waals surface area contributed by atoms with Gasteiger partial charge in [-0.1, -0.05) is 48.0 Å². The Morgan fingerprint density at radius 3 is 2.52 bits per heavy atom. The van der Waals surface area contributed by atoms with Crippen molar-refractivity contribution in [2.24, 2.45) is 5.92 Å². The number of carbonyl (C=O) groups is 2. The molecular weight excluding hydrogens is 392 g/mol. The molecule has 0 spiro atoms. The third-order valence-electron chi connectivity index (χ3n) is 4.77. The third kappa shape index (κ3) is 5.49. The third-order valence-corrected chi connectivity index (χ3v) is 5.07. The van der Waals surface area contributed by atoms with Crippen LogP contribution in [0.4, 0.5) is 0 Å². The maximum absolute atomic E-state index is 12.0. The molecule has 0 radical (unpaired) electrons. The van der Waals surface area contributed by atoms with E-state index in [1.807, 2.05) is 36.4 Å². The molecule has 1 N–H and O–H groups in total. The molecule has 3 rings (SSSR count). The number of nitriles is 1. The molecule has 1 atom stereocenters. The lowest BCUT2D eigenvalue weighted by Gasteiger charge is -2.22. The van der Waals surface area contributed by atoms with Crippen LogP contribution in [0.15, 0.2) is 48.5 Å². The van der Waals surface area contributed by atoms with Crippen molar-refractivity contribution in [1.29, 1.82) is 5.26 Å². The van der Waals surface area contributed by atoms with Crippen molar-refractivity contribution < 1.29 is 19.1 Å². The van der Waals surface area contributed by atoms with Gasteiger partial charge in [-0.3, -0.25) is 4.79 Å². The Hall–Kier alpha value is -3.04. The SMILES string of the molecule is C[C@@](C#N)(NC(=O)COC(=O)COc1ccc(-c2ccccc2)cc1Cl)C1CC1. The lowest BCUT2D eigenvalue weighted by Crippen LogP contribution is -2.48. The zero-order chi connectivity index (χ0) is 20.9. The number of ether oxygens (including phenoxy) is 2. The molecule has 0 bridgehead atoms. The van der Waals surface area contributed by atoms with Gasteiger partial charge in [-0.2, -0.15) is 5.26 Å². The van der Waals surface area contributed by atoms with Gasteiger partial charge in [0.1, 0.15) is 11.3 Å². The van der Waals surface area contributed by atoms with Gasteiger partial charge in [-0.05, 0) is 48.9 Å². The second-order valence-electron chi connectivity index (χ2n) is 7.10. The Bertz CT molecular complexity index is 938. The summed E-state index contributed by atoms with van der Waals surface area (Å²) in [7, 11) is 0. The average Bonchev–Trinajstić information content (AvgIpc) is 3.58. The first-order chi connectivity index (χ1) is 13.9. The molecule has 0 unspecified atom stereocenters. The van der Waals surface area contributed by atoms with Crippen LogP contribution in [0.5, 0.6) is 5.75 Å². The highest BCUT2D eigenvalue weighted by atomic mass is 35.5. The molecule has 29 heavy (non-hydrogen) atoms. The molecule has 2 aromatic carbocycles. The standard InChI is InChI=1S/C22H21ClN2O4/c1-22(14-24,17-8-9-17)25-20(26)12-29-21(27)13-28-19-10-7-16(11-18(19)23)15-5-3-2-4-6-15/h2-7,10-11,17H,8-9,12-13H2,1H3,(H,25,26)/t22-/m0/s1. The lowest BCUT2D eigenvalue weighted by molar-refractivity contribution is -0.150. The number of nitrogens with one attached hydrogen (secondary N) is 1. The molecule has 1 fully saturated rings. The average molecular weight is 413 g/mol. The summed E-state index contributed by atoms with van der Waals surface area (Å²) in [5.74, 6) is -0.719. The first kappa shape index (κ1) is 20.7. The predicted molar refractivity (Wildman–Crippen MR) is 108 cm³/mol. The molecule has 1 amide bonds. The van der Waals surface area contributed by atoms with Crippen molar-refractivity contribution in [1.82, 2.24) is 5.32 Å². The number of hydrogen-bond donors (Lipinski definition) is 1. The maximum Gasteiger partial charge on any atom is 0.344 e. The number of amides is 1. The summed E-state index contributed by atoms with van der Waals surface area (Å²) >= 11 is 6.24. The van der Waals surface area contributed by atoms with Crippen LogP contribution in [0.3, 0.4) is 0 Å². The van der Waals surface area contributed by atoms with Gasteiger partial charge in [-0.25, -0.2) is 4.79 Å². The summed E-state index contributed by atoms with van der Waals surface area (Å²) < 4.78 is 10.3. The van der Waals surface area contributed by atoms with Crippen LogP contribution in [0.2, 0.25) is 5.02 Å². The Balaban J connectivity index is 1.47. The number of esters is 1. The van der Waals surface area contributed by atoms with E-state index in [9.17, 15) is 14.9 Å². The predicted octanol–water partition coefficient (Wildman–Crippen LogP) is 3.74. The van der Waals surface area contributed by atoms with E-state index in [1.165, 1.54) is 0 Å². The fourth-order valence-electron chi connectivity index (χ4n) is 2.96. The number of rotatable bonds is 8. The van der Waals surface area contributed by atoms with E-state index in [0.29, 0.717) is 10.8 Å². The smallest absolute Gasteiger partial charge is 0.344 e. The highest BCUT2D eigenvalue weighted by Crippen LogP contribution is 2.39. The zero-order valence-electron chi connectivity index (χ0n) is 16.0. The Morgan fingerprint density at radius 2 is 1.90 bits per heavy atom. The zero-order valence-corrected chi connectivity index (χ0v) is 16.7. The van der Waals surface area contributed by atoms with Crippen molar-refractivity contribution in [2.75, 3.05) is 13.2 Å². The summed E-state index contributed by atoms with van der Waals surface area (Å²) in [5.41, 5.74) is 1.02. The van der Waals surface area contributed by atoms with Gasteiger partial charge < -0.3 is 14.8 Å². The summed E-state index contributed by atoms with van der Waals surface area (Å²) in [5, 5.41) is 12.2. The largest absolute Gasteiger partial charge is 0.480 e. The van der Waals surface area contributed by atoms with Gasteiger partial charge in [0.2, 0.25) is 0 Å². The monoisotopic (exact) mass is 412 g/mol. The second-order valence-corrected chi connectivity index (χ2v) is 7.50. The van der Waals surface area contributed by atoms with Gasteiger partial charge in [0.25, 0.3) is 5.91 Å². The Morgan fingerprint density at radius 1 is 1.17 bits per heavy atom. The molecule has 0 saturated heterocycles. The van der Waals surface area contributed by atoms with Crippen molar-refractivity contribution in [3.05, 3.63) is 53.6 Å². The lowest BCUT2D eigenvalue weighted by atomic mass is 9.98. The number of carbonyl (C=O) groups excluding carboxylic acids is 2. The van der Waals surface area contributed by atoms with Crippen LogP contribution < -0.4 is 10.1 Å². The van der Waals surface area contributed by atoms with Crippen LogP contribution in [-0.2, 0) is 14.3 Å². The van der Waals surface area contributed by atoms with Gasteiger partial charge in [-0.15, -0.1) is 0 Å². The summed E-state index contributed by atoms with van der Waals surface area (Å²) in [6, 6.07) is 17.1. The van der Waals surface area contributed by atoms with Crippen molar-refractivity contribution in [2.45, 2.75) is 25.3 Å².